The van der Waals surface area contributed by atoms with E-state index >= 15 is 0 Å². The van der Waals surface area contributed by atoms with Crippen molar-refractivity contribution in [1.29, 1.82) is 0 Å². The Labute approximate surface area is 126 Å². The van der Waals surface area contributed by atoms with Crippen LogP contribution in [0.1, 0.15) is 23.6 Å². The predicted octanol–water partition coefficient (Wildman–Crippen LogP) is 3.92. The van der Waals surface area contributed by atoms with Gasteiger partial charge in [0.2, 0.25) is 5.91 Å². The first-order chi connectivity index (χ1) is 10.1. The summed E-state index contributed by atoms with van der Waals surface area (Å²) in [4.78, 5) is 12.0. The van der Waals surface area contributed by atoms with E-state index in [0.717, 1.165) is 28.9 Å². The minimum atomic E-state index is -0.0352. The number of anilines is 2. The van der Waals surface area contributed by atoms with Crippen LogP contribution >= 0.6 is 0 Å². The number of aryl methyl sites for hydroxylation is 3. The van der Waals surface area contributed by atoms with E-state index in [0.29, 0.717) is 0 Å². The number of hydrogen-bond donors (Lipinski definition) is 2. The van der Waals surface area contributed by atoms with Crippen molar-refractivity contribution in [2.75, 3.05) is 17.2 Å². The highest BCUT2D eigenvalue weighted by Crippen LogP contribution is 2.19. The van der Waals surface area contributed by atoms with Gasteiger partial charge < -0.3 is 10.6 Å². The third kappa shape index (κ3) is 4.09. The van der Waals surface area contributed by atoms with E-state index in [4.69, 9.17) is 0 Å². The Morgan fingerprint density at radius 1 is 1.00 bits per heavy atom. The Balaban J connectivity index is 1.92. The molecule has 0 spiro atoms. The molecule has 0 unspecified atom stereocenters. The molecule has 2 rings (SSSR count). The Kier molecular flexibility index (Phi) is 4.99. The number of hydrogen-bond acceptors (Lipinski definition) is 2. The summed E-state index contributed by atoms with van der Waals surface area (Å²) in [6, 6.07) is 14.2. The number of benzene rings is 2. The van der Waals surface area contributed by atoms with Gasteiger partial charge >= 0.3 is 0 Å². The van der Waals surface area contributed by atoms with Gasteiger partial charge in [-0.15, -0.1) is 0 Å². The van der Waals surface area contributed by atoms with Crippen molar-refractivity contribution >= 4 is 17.3 Å². The number of carbonyl (C=O) groups excluding carboxylic acids is 1. The van der Waals surface area contributed by atoms with Crippen LogP contribution in [0.3, 0.4) is 0 Å². The highest BCUT2D eigenvalue weighted by Gasteiger charge is 2.06. The molecule has 0 aliphatic rings. The molecule has 110 valence electrons. The van der Waals surface area contributed by atoms with Crippen LogP contribution in [0.15, 0.2) is 42.5 Å². The quantitative estimate of drug-likeness (QED) is 0.872. The van der Waals surface area contributed by atoms with Gasteiger partial charge in [0.25, 0.3) is 0 Å². The second-order valence-electron chi connectivity index (χ2n) is 5.22. The molecule has 0 aliphatic heterocycles. The minimum absolute atomic E-state index is 0.0352. The predicted molar refractivity (Wildman–Crippen MR) is 88.9 cm³/mol. The third-order valence-electron chi connectivity index (χ3n) is 3.56. The molecule has 0 bridgehead atoms. The monoisotopic (exact) mass is 282 g/mol. The largest absolute Gasteiger partial charge is 0.376 e. The zero-order valence-electron chi connectivity index (χ0n) is 12.9. The van der Waals surface area contributed by atoms with Crippen LogP contribution in [0.5, 0.6) is 0 Å². The smallest absolute Gasteiger partial charge is 0.243 e. The summed E-state index contributed by atoms with van der Waals surface area (Å²) < 4.78 is 0. The Morgan fingerprint density at radius 3 is 2.19 bits per heavy atom. The van der Waals surface area contributed by atoms with Crippen molar-refractivity contribution in [2.45, 2.75) is 27.2 Å². The van der Waals surface area contributed by atoms with Crippen molar-refractivity contribution in [3.05, 3.63) is 59.2 Å². The van der Waals surface area contributed by atoms with Crippen LogP contribution in [-0.2, 0) is 11.2 Å². The topological polar surface area (TPSA) is 41.1 Å². The van der Waals surface area contributed by atoms with E-state index in [1.165, 1.54) is 5.56 Å². The van der Waals surface area contributed by atoms with Crippen molar-refractivity contribution in [1.82, 2.24) is 0 Å². The van der Waals surface area contributed by atoms with Crippen LogP contribution < -0.4 is 10.6 Å². The molecule has 0 heterocycles. The van der Waals surface area contributed by atoms with Crippen LogP contribution in [0.25, 0.3) is 0 Å². The lowest BCUT2D eigenvalue weighted by molar-refractivity contribution is -0.114. The second-order valence-corrected chi connectivity index (χ2v) is 5.22. The third-order valence-corrected chi connectivity index (χ3v) is 3.56. The molecule has 0 aromatic heterocycles. The summed E-state index contributed by atoms with van der Waals surface area (Å²) in [6.45, 7) is 6.39. The fourth-order valence-corrected chi connectivity index (χ4v) is 2.24. The van der Waals surface area contributed by atoms with Crippen molar-refractivity contribution in [3.8, 4) is 0 Å². The van der Waals surface area contributed by atoms with E-state index in [1.807, 2.05) is 44.2 Å². The van der Waals surface area contributed by atoms with E-state index in [1.54, 1.807) is 0 Å². The molecule has 1 amide bonds. The van der Waals surface area contributed by atoms with Crippen molar-refractivity contribution in [3.63, 3.8) is 0 Å². The fourth-order valence-electron chi connectivity index (χ4n) is 2.24. The molecular weight excluding hydrogens is 260 g/mol. The fraction of sp³-hybridized carbons (Fsp3) is 0.278. The van der Waals surface area contributed by atoms with Gasteiger partial charge in [0.15, 0.2) is 0 Å². The van der Waals surface area contributed by atoms with E-state index in [-0.39, 0.29) is 12.5 Å². The van der Waals surface area contributed by atoms with Gasteiger partial charge in [0.05, 0.1) is 6.54 Å². The number of para-hydroxylation sites is 1. The van der Waals surface area contributed by atoms with E-state index < -0.39 is 0 Å². The lowest BCUT2D eigenvalue weighted by atomic mass is 10.1. The first-order valence-electron chi connectivity index (χ1n) is 7.29. The standard InChI is InChI=1S/C18H22N2O/c1-4-15-8-10-16(11-9-15)19-12-17(21)20-18-13(2)6-5-7-14(18)3/h5-11,19H,4,12H2,1-3H3,(H,20,21). The van der Waals surface area contributed by atoms with Crippen LogP contribution in [0.4, 0.5) is 11.4 Å². The summed E-state index contributed by atoms with van der Waals surface area (Å²) in [6.07, 6.45) is 1.02. The van der Waals surface area contributed by atoms with Crippen LogP contribution in [0, 0.1) is 13.8 Å². The van der Waals surface area contributed by atoms with Crippen molar-refractivity contribution in [2.24, 2.45) is 0 Å². The molecule has 21 heavy (non-hydrogen) atoms. The summed E-state index contributed by atoms with van der Waals surface area (Å²) in [5.41, 5.74) is 5.32. The summed E-state index contributed by atoms with van der Waals surface area (Å²) in [7, 11) is 0. The Bertz CT molecular complexity index is 597. The molecule has 0 atom stereocenters. The minimum Gasteiger partial charge on any atom is -0.376 e. The van der Waals surface area contributed by atoms with E-state index in [2.05, 4.69) is 29.7 Å². The van der Waals surface area contributed by atoms with Gasteiger partial charge in [-0.3, -0.25) is 4.79 Å². The van der Waals surface area contributed by atoms with Gasteiger partial charge in [-0.25, -0.2) is 0 Å². The first-order valence-corrected chi connectivity index (χ1v) is 7.29. The van der Waals surface area contributed by atoms with Gasteiger partial charge in [0.1, 0.15) is 0 Å². The molecule has 0 fully saturated rings. The zero-order chi connectivity index (χ0) is 15.2. The Hall–Kier alpha value is -2.29. The average molecular weight is 282 g/mol. The maximum atomic E-state index is 12.0. The maximum Gasteiger partial charge on any atom is 0.243 e. The lowest BCUT2D eigenvalue weighted by Gasteiger charge is -2.12. The van der Waals surface area contributed by atoms with Crippen LogP contribution in [0.2, 0.25) is 0 Å². The number of nitrogens with one attached hydrogen (secondary N) is 2. The summed E-state index contributed by atoms with van der Waals surface area (Å²) in [5, 5.41) is 6.11. The van der Waals surface area contributed by atoms with Gasteiger partial charge in [-0.05, 0) is 49.1 Å². The molecule has 0 aliphatic carbocycles. The number of amides is 1. The summed E-state index contributed by atoms with van der Waals surface area (Å²) >= 11 is 0. The van der Waals surface area contributed by atoms with Gasteiger partial charge in [0, 0.05) is 11.4 Å². The maximum absolute atomic E-state index is 12.0. The molecular formula is C18H22N2O. The SMILES string of the molecule is CCc1ccc(NCC(=O)Nc2c(C)cccc2C)cc1. The number of carbonyl (C=O) groups is 1. The number of rotatable bonds is 5. The molecule has 2 aromatic carbocycles. The average Bonchev–Trinajstić information content (AvgIpc) is 2.49. The molecule has 3 nitrogen and oxygen atoms in total. The van der Waals surface area contributed by atoms with Gasteiger partial charge in [-0.1, -0.05) is 37.3 Å². The highest BCUT2D eigenvalue weighted by atomic mass is 16.1. The molecule has 0 saturated carbocycles. The van der Waals surface area contributed by atoms with E-state index in [9.17, 15) is 4.79 Å². The molecule has 2 N–H and O–H groups in total. The second kappa shape index (κ2) is 6.93. The molecule has 0 radical (unpaired) electrons. The molecule has 2 aromatic rings. The highest BCUT2D eigenvalue weighted by molar-refractivity contribution is 5.95. The Morgan fingerprint density at radius 2 is 1.62 bits per heavy atom. The lowest BCUT2D eigenvalue weighted by Crippen LogP contribution is -2.22. The summed E-state index contributed by atoms with van der Waals surface area (Å²) in [5.74, 6) is -0.0352. The molecule has 3 heteroatoms. The molecule has 0 saturated heterocycles. The normalized spacial score (nSPS) is 10.2. The van der Waals surface area contributed by atoms with Crippen molar-refractivity contribution < 1.29 is 4.79 Å². The first kappa shape index (κ1) is 15.1. The van der Waals surface area contributed by atoms with Gasteiger partial charge in [-0.2, -0.15) is 0 Å². The zero-order valence-corrected chi connectivity index (χ0v) is 12.9. The van der Waals surface area contributed by atoms with Crippen LogP contribution in [-0.4, -0.2) is 12.5 Å².